The number of nitrogens with one attached hydrogen (secondary N) is 6. The molecule has 0 amide bonds. The van der Waals surface area contributed by atoms with E-state index in [9.17, 15) is 28.8 Å². The van der Waals surface area contributed by atoms with E-state index in [-0.39, 0.29) is 95.4 Å². The molecule has 16 nitrogen and oxygen atoms in total. The molecule has 6 fully saturated rings. The second-order valence-electron chi connectivity index (χ2n) is 14.4. The zero-order valence-corrected chi connectivity index (χ0v) is 31.9. The van der Waals surface area contributed by atoms with Crippen molar-refractivity contribution in [3.05, 3.63) is 0 Å². The smallest absolute Gasteiger partial charge is 0.146 e. The largest absolute Gasteiger partial charge is 0.392 e. The van der Waals surface area contributed by atoms with Gasteiger partial charge in [-0.15, -0.1) is 0 Å². The minimum Gasteiger partial charge on any atom is -0.392 e. The standard InChI is InChI=1S/4C6H11NO2.2C6H11NO/c4*1-4(8)6-2-5(9)3-7-6;2*1-5(8)6-3-2-4-7-6/h4*5-7,9H,2-3H2,1H3;2*6-7H,2-4H2,1H3/t3*5-,6?;5-,6-;2*6-/m100110/s1. The Kier molecular flexibility index (Phi) is 23.5. The van der Waals surface area contributed by atoms with Gasteiger partial charge in [0.25, 0.3) is 0 Å². The normalized spacial score (nSPS) is 32.9. The molecular formula is C36H66N6O10. The topological polar surface area (TPSA) is 256 Å². The van der Waals surface area contributed by atoms with Crippen molar-refractivity contribution in [2.45, 2.75) is 154 Å². The van der Waals surface area contributed by atoms with E-state index >= 15 is 0 Å². The van der Waals surface area contributed by atoms with Crippen molar-refractivity contribution in [2.75, 3.05) is 39.3 Å². The Bertz CT molecular complexity index is 985. The third-order valence-corrected chi connectivity index (χ3v) is 9.50. The lowest BCUT2D eigenvalue weighted by atomic mass is 10.1. The third-order valence-electron chi connectivity index (χ3n) is 9.50. The van der Waals surface area contributed by atoms with Crippen LogP contribution in [-0.4, -0.2) is 155 Å². The first-order chi connectivity index (χ1) is 24.4. The summed E-state index contributed by atoms with van der Waals surface area (Å²) in [6, 6.07) is -0.0370. The van der Waals surface area contributed by atoms with Crippen LogP contribution in [-0.2, 0) is 28.8 Å². The molecule has 0 saturated carbocycles. The van der Waals surface area contributed by atoms with Crippen molar-refractivity contribution >= 4 is 34.7 Å². The fraction of sp³-hybridized carbons (Fsp3) is 0.833. The average Bonchev–Trinajstić information content (AvgIpc) is 3.92. The molecule has 3 unspecified atom stereocenters. The van der Waals surface area contributed by atoms with Gasteiger partial charge in [0, 0.05) is 26.2 Å². The van der Waals surface area contributed by atoms with E-state index in [0.29, 0.717) is 51.9 Å². The summed E-state index contributed by atoms with van der Waals surface area (Å²) < 4.78 is 0. The summed E-state index contributed by atoms with van der Waals surface area (Å²) in [5.74, 6) is 1.03. The van der Waals surface area contributed by atoms with Gasteiger partial charge < -0.3 is 52.3 Å². The van der Waals surface area contributed by atoms with Crippen LogP contribution in [0.4, 0.5) is 0 Å². The van der Waals surface area contributed by atoms with Crippen LogP contribution < -0.4 is 31.9 Å². The van der Waals surface area contributed by atoms with Gasteiger partial charge >= 0.3 is 0 Å². The van der Waals surface area contributed by atoms with Gasteiger partial charge in [-0.05, 0) is 106 Å². The molecule has 10 atom stereocenters. The van der Waals surface area contributed by atoms with Gasteiger partial charge in [0.05, 0.1) is 60.7 Å². The summed E-state index contributed by atoms with van der Waals surface area (Å²) in [5.41, 5.74) is 0. The van der Waals surface area contributed by atoms with E-state index in [1.807, 2.05) is 0 Å². The maximum atomic E-state index is 10.6. The number of aliphatic hydroxyl groups is 4. The Balaban J connectivity index is 0.000000312. The molecule has 52 heavy (non-hydrogen) atoms. The maximum absolute atomic E-state index is 10.6. The Morgan fingerprint density at radius 3 is 0.654 bits per heavy atom. The molecule has 6 rings (SSSR count). The lowest BCUT2D eigenvalue weighted by Gasteiger charge is -2.01. The molecule has 6 aliphatic heterocycles. The minimum atomic E-state index is -0.320. The van der Waals surface area contributed by atoms with Crippen LogP contribution in [0.5, 0.6) is 0 Å². The van der Waals surface area contributed by atoms with E-state index in [1.54, 1.807) is 13.8 Å². The molecule has 0 spiro atoms. The summed E-state index contributed by atoms with van der Waals surface area (Å²) in [6.07, 6.45) is 5.42. The molecule has 16 heteroatoms. The van der Waals surface area contributed by atoms with Gasteiger partial charge in [-0.3, -0.25) is 28.8 Å². The van der Waals surface area contributed by atoms with Gasteiger partial charge in [0.2, 0.25) is 0 Å². The predicted molar refractivity (Wildman–Crippen MR) is 196 cm³/mol. The lowest BCUT2D eigenvalue weighted by molar-refractivity contribution is -0.119. The van der Waals surface area contributed by atoms with Crippen LogP contribution in [0.15, 0.2) is 0 Å². The van der Waals surface area contributed by atoms with Crippen molar-refractivity contribution in [2.24, 2.45) is 0 Å². The molecule has 300 valence electrons. The fourth-order valence-electron chi connectivity index (χ4n) is 6.17. The van der Waals surface area contributed by atoms with Crippen molar-refractivity contribution in [1.29, 1.82) is 0 Å². The Morgan fingerprint density at radius 2 is 0.577 bits per heavy atom. The zero-order chi connectivity index (χ0) is 39.4. The quantitative estimate of drug-likeness (QED) is 0.139. The van der Waals surface area contributed by atoms with Crippen molar-refractivity contribution < 1.29 is 49.2 Å². The van der Waals surface area contributed by atoms with Crippen molar-refractivity contribution in [1.82, 2.24) is 31.9 Å². The molecule has 6 aliphatic rings. The number of β-amino-alcohol motifs (C(OH)–C–C–N with tert-alkyl or cyclic N) is 4. The number of hydrogen-bond acceptors (Lipinski definition) is 16. The second kappa shape index (κ2) is 25.6. The van der Waals surface area contributed by atoms with Crippen molar-refractivity contribution in [3.63, 3.8) is 0 Å². The van der Waals surface area contributed by atoms with Crippen molar-refractivity contribution in [3.8, 4) is 0 Å². The SMILES string of the molecule is CC(=O)C1C[C@@H](O)CN1.CC(=O)C1C[C@H](O)CN1.CC(=O)C1C[C@H](O)CN1.CC(=O)[C@@H]1CCCN1.CC(=O)[C@H]1CCCN1.CC(=O)[C@H]1C[C@@H](O)CN1. The van der Waals surface area contributed by atoms with E-state index in [2.05, 4.69) is 31.9 Å². The highest BCUT2D eigenvalue weighted by Gasteiger charge is 2.27. The van der Waals surface area contributed by atoms with Crippen LogP contribution in [0.3, 0.4) is 0 Å². The number of hydrogen-bond donors (Lipinski definition) is 10. The van der Waals surface area contributed by atoms with Crippen LogP contribution in [0, 0.1) is 0 Å². The Hall–Kier alpha value is -2.38. The molecular weight excluding hydrogens is 676 g/mol. The first kappa shape index (κ1) is 47.6. The first-order valence-electron chi connectivity index (χ1n) is 18.6. The summed E-state index contributed by atoms with van der Waals surface area (Å²) in [5, 5.41) is 53.6. The summed E-state index contributed by atoms with van der Waals surface area (Å²) >= 11 is 0. The van der Waals surface area contributed by atoms with Gasteiger partial charge in [0.1, 0.15) is 34.7 Å². The highest BCUT2D eigenvalue weighted by Crippen LogP contribution is 2.09. The van der Waals surface area contributed by atoms with Crippen LogP contribution in [0.2, 0.25) is 0 Å². The molecule has 0 aliphatic carbocycles. The first-order valence-corrected chi connectivity index (χ1v) is 18.6. The van der Waals surface area contributed by atoms with Crippen LogP contribution in [0.25, 0.3) is 0 Å². The summed E-state index contributed by atoms with van der Waals surface area (Å²) in [7, 11) is 0. The molecule has 10 N–H and O–H groups in total. The molecule has 0 aromatic rings. The second-order valence-corrected chi connectivity index (χ2v) is 14.4. The van der Waals surface area contributed by atoms with Gasteiger partial charge in [0.15, 0.2) is 0 Å². The third kappa shape index (κ3) is 20.2. The number of carbonyl (C=O) groups excluding carboxylic acids is 6. The van der Waals surface area contributed by atoms with E-state index < -0.39 is 0 Å². The highest BCUT2D eigenvalue weighted by molar-refractivity contribution is 5.83. The Morgan fingerprint density at radius 1 is 0.365 bits per heavy atom. The monoisotopic (exact) mass is 742 g/mol. The molecule has 0 bridgehead atoms. The Labute approximate surface area is 308 Å². The van der Waals surface area contributed by atoms with Gasteiger partial charge in [-0.2, -0.15) is 0 Å². The number of carbonyl (C=O) groups is 6. The van der Waals surface area contributed by atoms with Crippen LogP contribution >= 0.6 is 0 Å². The zero-order valence-electron chi connectivity index (χ0n) is 31.9. The minimum absolute atomic E-state index is 0.0972. The van der Waals surface area contributed by atoms with E-state index in [0.717, 1.165) is 38.8 Å². The predicted octanol–water partition coefficient (Wildman–Crippen LogP) is -2.15. The fourth-order valence-corrected chi connectivity index (χ4v) is 6.17. The number of aliphatic hydroxyl groups excluding tert-OH is 4. The number of rotatable bonds is 6. The molecule has 0 aromatic carbocycles. The maximum Gasteiger partial charge on any atom is 0.146 e. The lowest BCUT2D eigenvalue weighted by Crippen LogP contribution is -2.28. The van der Waals surface area contributed by atoms with Gasteiger partial charge in [-0.1, -0.05) is 0 Å². The van der Waals surface area contributed by atoms with Crippen LogP contribution in [0.1, 0.15) is 92.9 Å². The van der Waals surface area contributed by atoms with E-state index in [4.69, 9.17) is 20.4 Å². The molecule has 6 heterocycles. The number of Topliss-reactive ketones (excluding diaryl/α,β-unsaturated/α-hetero) is 6. The number of ketones is 6. The average molecular weight is 743 g/mol. The summed E-state index contributed by atoms with van der Waals surface area (Å²) in [6.45, 7) is 13.7. The molecule has 0 aromatic heterocycles. The van der Waals surface area contributed by atoms with E-state index in [1.165, 1.54) is 27.7 Å². The summed E-state index contributed by atoms with van der Waals surface area (Å²) in [4.78, 5) is 63.6. The highest BCUT2D eigenvalue weighted by atomic mass is 16.3. The molecule has 6 saturated heterocycles. The molecule has 0 radical (unpaired) electrons. The van der Waals surface area contributed by atoms with Gasteiger partial charge in [-0.25, -0.2) is 0 Å².